The van der Waals surface area contributed by atoms with E-state index in [1.165, 1.54) is 0 Å². The molecule has 1 atom stereocenters. The summed E-state index contributed by atoms with van der Waals surface area (Å²) in [6, 6.07) is 0.508. The molecule has 1 N–H and O–H groups in total. The summed E-state index contributed by atoms with van der Waals surface area (Å²) < 4.78 is 11.0. The van der Waals surface area contributed by atoms with E-state index in [0.717, 1.165) is 52.5 Å². The largest absolute Gasteiger partial charge is 0.380 e. The summed E-state index contributed by atoms with van der Waals surface area (Å²) in [6.07, 6.45) is 1.10. The molecule has 1 unspecified atom stereocenters. The Bertz CT molecular complexity index is 154. The van der Waals surface area contributed by atoms with Gasteiger partial charge < -0.3 is 14.8 Å². The molecule has 1 rings (SSSR count). The minimum absolute atomic E-state index is 0.508. The molecular weight excluding hydrogens is 192 g/mol. The van der Waals surface area contributed by atoms with Crippen molar-refractivity contribution < 1.29 is 9.47 Å². The number of ether oxygens (including phenoxy) is 2. The van der Waals surface area contributed by atoms with Crippen molar-refractivity contribution in [3.8, 4) is 0 Å². The molecule has 0 aliphatic carbocycles. The highest BCUT2D eigenvalue weighted by atomic mass is 16.5. The fraction of sp³-hybridized carbons (Fsp3) is 1.00. The number of hydrogen-bond donors (Lipinski definition) is 1. The Hall–Kier alpha value is -0.160. The lowest BCUT2D eigenvalue weighted by Gasteiger charge is -2.35. The van der Waals surface area contributed by atoms with Crippen LogP contribution in [0.2, 0.25) is 0 Å². The van der Waals surface area contributed by atoms with E-state index in [4.69, 9.17) is 9.47 Å². The van der Waals surface area contributed by atoms with Crippen LogP contribution in [0.15, 0.2) is 0 Å². The SMILES string of the molecule is CCCOCCN1CCOCC1CNC. The molecule has 1 fully saturated rings. The fourth-order valence-electron chi connectivity index (χ4n) is 1.84. The van der Waals surface area contributed by atoms with Crippen LogP contribution in [0.5, 0.6) is 0 Å². The van der Waals surface area contributed by atoms with Crippen LogP contribution < -0.4 is 5.32 Å². The van der Waals surface area contributed by atoms with Crippen molar-refractivity contribution >= 4 is 0 Å². The van der Waals surface area contributed by atoms with Gasteiger partial charge in [0, 0.05) is 32.3 Å². The maximum atomic E-state index is 5.51. The molecule has 1 aliphatic rings. The smallest absolute Gasteiger partial charge is 0.0634 e. The molecule has 15 heavy (non-hydrogen) atoms. The average molecular weight is 216 g/mol. The number of likely N-dealkylation sites (N-methyl/N-ethyl adjacent to an activating group) is 1. The Kier molecular flexibility index (Phi) is 6.92. The van der Waals surface area contributed by atoms with Gasteiger partial charge in [0.1, 0.15) is 0 Å². The predicted molar refractivity (Wildman–Crippen MR) is 61.2 cm³/mol. The van der Waals surface area contributed by atoms with E-state index in [2.05, 4.69) is 17.1 Å². The third kappa shape index (κ3) is 4.93. The molecule has 1 aliphatic heterocycles. The normalized spacial score (nSPS) is 23.2. The molecule has 4 heteroatoms. The third-order valence-corrected chi connectivity index (χ3v) is 2.66. The topological polar surface area (TPSA) is 33.7 Å². The maximum absolute atomic E-state index is 5.51. The van der Waals surface area contributed by atoms with Crippen LogP contribution >= 0.6 is 0 Å². The van der Waals surface area contributed by atoms with Gasteiger partial charge in [0.25, 0.3) is 0 Å². The van der Waals surface area contributed by atoms with Crippen molar-refractivity contribution in [1.29, 1.82) is 0 Å². The van der Waals surface area contributed by atoms with Gasteiger partial charge in [0.2, 0.25) is 0 Å². The molecular formula is C11H24N2O2. The molecule has 1 saturated heterocycles. The van der Waals surface area contributed by atoms with Crippen LogP contribution in [0.3, 0.4) is 0 Å². The molecule has 0 saturated carbocycles. The highest BCUT2D eigenvalue weighted by Crippen LogP contribution is 2.05. The van der Waals surface area contributed by atoms with Gasteiger partial charge >= 0.3 is 0 Å². The first-order chi connectivity index (χ1) is 7.38. The van der Waals surface area contributed by atoms with Gasteiger partial charge in [-0.3, -0.25) is 4.90 Å². The first-order valence-electron chi connectivity index (χ1n) is 5.92. The number of nitrogens with one attached hydrogen (secondary N) is 1. The van der Waals surface area contributed by atoms with E-state index in [0.29, 0.717) is 6.04 Å². The molecule has 0 aromatic rings. The first kappa shape index (κ1) is 12.9. The molecule has 0 bridgehead atoms. The molecule has 0 spiro atoms. The number of rotatable bonds is 7. The van der Waals surface area contributed by atoms with Crippen LogP contribution in [0.25, 0.3) is 0 Å². The summed E-state index contributed by atoms with van der Waals surface area (Å²) in [6.45, 7) is 8.60. The quantitative estimate of drug-likeness (QED) is 0.622. The zero-order chi connectivity index (χ0) is 10.9. The second kappa shape index (κ2) is 8.05. The maximum Gasteiger partial charge on any atom is 0.0634 e. The standard InChI is InChI=1S/C11H24N2O2/c1-3-6-14-7-4-13-5-8-15-10-11(13)9-12-2/h11-12H,3-10H2,1-2H3. The Morgan fingerprint density at radius 3 is 3.07 bits per heavy atom. The van der Waals surface area contributed by atoms with E-state index in [1.807, 2.05) is 7.05 Å². The second-order valence-electron chi connectivity index (χ2n) is 3.93. The van der Waals surface area contributed by atoms with Crippen LogP contribution in [0.4, 0.5) is 0 Å². The minimum atomic E-state index is 0.508. The summed E-state index contributed by atoms with van der Waals surface area (Å²) in [4.78, 5) is 2.45. The van der Waals surface area contributed by atoms with Crippen molar-refractivity contribution in [3.63, 3.8) is 0 Å². The van der Waals surface area contributed by atoms with Crippen molar-refractivity contribution in [1.82, 2.24) is 10.2 Å². The average Bonchev–Trinajstić information content (AvgIpc) is 2.27. The van der Waals surface area contributed by atoms with Gasteiger partial charge in [0.15, 0.2) is 0 Å². The van der Waals surface area contributed by atoms with Crippen molar-refractivity contribution in [2.45, 2.75) is 19.4 Å². The zero-order valence-electron chi connectivity index (χ0n) is 10.00. The number of morpholine rings is 1. The highest BCUT2D eigenvalue weighted by Gasteiger charge is 2.21. The van der Waals surface area contributed by atoms with E-state index < -0.39 is 0 Å². The van der Waals surface area contributed by atoms with E-state index >= 15 is 0 Å². The minimum Gasteiger partial charge on any atom is -0.380 e. The van der Waals surface area contributed by atoms with Gasteiger partial charge in [0.05, 0.1) is 19.8 Å². The van der Waals surface area contributed by atoms with Crippen LogP contribution in [-0.4, -0.2) is 64.1 Å². The van der Waals surface area contributed by atoms with Gasteiger partial charge in [-0.25, -0.2) is 0 Å². The first-order valence-corrected chi connectivity index (χ1v) is 5.92. The zero-order valence-corrected chi connectivity index (χ0v) is 10.00. The Balaban J connectivity index is 2.17. The molecule has 0 amide bonds. The lowest BCUT2D eigenvalue weighted by molar-refractivity contribution is -0.0189. The van der Waals surface area contributed by atoms with Gasteiger partial charge in [-0.15, -0.1) is 0 Å². The molecule has 0 aromatic carbocycles. The summed E-state index contributed by atoms with van der Waals surface area (Å²) in [5.41, 5.74) is 0. The lowest BCUT2D eigenvalue weighted by atomic mass is 10.2. The van der Waals surface area contributed by atoms with Gasteiger partial charge in [-0.05, 0) is 13.5 Å². The van der Waals surface area contributed by atoms with Crippen LogP contribution in [0, 0.1) is 0 Å². The van der Waals surface area contributed by atoms with Crippen molar-refractivity contribution in [3.05, 3.63) is 0 Å². The van der Waals surface area contributed by atoms with E-state index in [-0.39, 0.29) is 0 Å². The van der Waals surface area contributed by atoms with Crippen LogP contribution in [-0.2, 0) is 9.47 Å². The molecule has 0 aromatic heterocycles. The lowest BCUT2D eigenvalue weighted by Crippen LogP contribution is -2.50. The summed E-state index contributed by atoms with van der Waals surface area (Å²) in [5.74, 6) is 0. The summed E-state index contributed by atoms with van der Waals surface area (Å²) >= 11 is 0. The fourth-order valence-corrected chi connectivity index (χ4v) is 1.84. The van der Waals surface area contributed by atoms with Crippen LogP contribution in [0.1, 0.15) is 13.3 Å². The Morgan fingerprint density at radius 2 is 2.33 bits per heavy atom. The Labute approximate surface area is 92.9 Å². The van der Waals surface area contributed by atoms with Crippen molar-refractivity contribution in [2.75, 3.05) is 53.1 Å². The monoisotopic (exact) mass is 216 g/mol. The van der Waals surface area contributed by atoms with Crippen molar-refractivity contribution in [2.24, 2.45) is 0 Å². The van der Waals surface area contributed by atoms with E-state index in [1.54, 1.807) is 0 Å². The number of nitrogens with zero attached hydrogens (tertiary/aromatic N) is 1. The predicted octanol–water partition coefficient (Wildman–Crippen LogP) is 0.333. The highest BCUT2D eigenvalue weighted by molar-refractivity contribution is 4.76. The number of hydrogen-bond acceptors (Lipinski definition) is 4. The summed E-state index contributed by atoms with van der Waals surface area (Å²) in [5, 5.41) is 3.21. The molecule has 90 valence electrons. The van der Waals surface area contributed by atoms with Gasteiger partial charge in [-0.1, -0.05) is 6.92 Å². The second-order valence-corrected chi connectivity index (χ2v) is 3.93. The summed E-state index contributed by atoms with van der Waals surface area (Å²) in [7, 11) is 1.99. The third-order valence-electron chi connectivity index (χ3n) is 2.66. The molecule has 0 radical (unpaired) electrons. The van der Waals surface area contributed by atoms with Gasteiger partial charge in [-0.2, -0.15) is 0 Å². The molecule has 1 heterocycles. The van der Waals surface area contributed by atoms with E-state index in [9.17, 15) is 0 Å². The Morgan fingerprint density at radius 1 is 1.47 bits per heavy atom. The molecule has 4 nitrogen and oxygen atoms in total.